The normalized spacial score (nSPS) is 19.0. The highest BCUT2D eigenvalue weighted by atomic mass is 32.2. The average Bonchev–Trinajstić information content (AvgIpc) is 3.33. The van der Waals surface area contributed by atoms with Crippen molar-refractivity contribution in [2.24, 2.45) is 0 Å². The van der Waals surface area contributed by atoms with E-state index in [0.717, 1.165) is 35.4 Å². The van der Waals surface area contributed by atoms with E-state index in [9.17, 15) is 14.4 Å². The third kappa shape index (κ3) is 3.82. The van der Waals surface area contributed by atoms with Crippen LogP contribution < -0.4 is 4.90 Å². The number of hydrogen-bond donors (Lipinski definition) is 0. The lowest BCUT2D eigenvalue weighted by molar-refractivity contribution is -0.136. The highest BCUT2D eigenvalue weighted by molar-refractivity contribution is 8.18. The van der Waals surface area contributed by atoms with E-state index in [-0.39, 0.29) is 17.4 Å². The van der Waals surface area contributed by atoms with E-state index >= 15 is 0 Å². The van der Waals surface area contributed by atoms with Gasteiger partial charge in [0.25, 0.3) is 11.1 Å². The summed E-state index contributed by atoms with van der Waals surface area (Å²) in [5.41, 5.74) is 1.13. The van der Waals surface area contributed by atoms with Crippen LogP contribution >= 0.6 is 11.8 Å². The molecule has 0 aliphatic carbocycles. The van der Waals surface area contributed by atoms with E-state index in [1.165, 1.54) is 12.3 Å². The summed E-state index contributed by atoms with van der Waals surface area (Å²) in [6, 6.07) is 13.4. The molecule has 0 N–H and O–H groups in total. The Morgan fingerprint density at radius 1 is 1.04 bits per heavy atom. The van der Waals surface area contributed by atoms with Gasteiger partial charge in [-0.15, -0.1) is 0 Å². The molecule has 0 radical (unpaired) electrons. The quantitative estimate of drug-likeness (QED) is 0.739. The van der Waals surface area contributed by atoms with E-state index in [1.807, 2.05) is 30.3 Å². The Morgan fingerprint density at radius 3 is 2.46 bits per heavy atom. The van der Waals surface area contributed by atoms with Gasteiger partial charge < -0.3 is 14.2 Å². The highest BCUT2D eigenvalue weighted by Gasteiger charge is 2.37. The maximum Gasteiger partial charge on any atom is 0.294 e. The van der Waals surface area contributed by atoms with Crippen molar-refractivity contribution in [3.63, 3.8) is 0 Å². The number of carbonyl (C=O) groups excluding carboxylic acids is 3. The van der Waals surface area contributed by atoms with E-state index in [1.54, 1.807) is 17.0 Å². The van der Waals surface area contributed by atoms with Crippen LogP contribution in [0.4, 0.5) is 10.5 Å². The van der Waals surface area contributed by atoms with Crippen molar-refractivity contribution >= 4 is 40.6 Å². The molecule has 3 amide bonds. The minimum absolute atomic E-state index is 0.214. The topological polar surface area (TPSA) is 74.1 Å². The van der Waals surface area contributed by atoms with Gasteiger partial charge in [0.2, 0.25) is 5.91 Å². The molecule has 7 nitrogen and oxygen atoms in total. The van der Waals surface area contributed by atoms with Gasteiger partial charge in [-0.1, -0.05) is 18.2 Å². The fourth-order valence-corrected chi connectivity index (χ4v) is 4.05. The van der Waals surface area contributed by atoms with E-state index in [2.05, 4.69) is 4.90 Å². The number of piperazine rings is 1. The van der Waals surface area contributed by atoms with Gasteiger partial charge in [0.1, 0.15) is 12.3 Å². The van der Waals surface area contributed by atoms with Crippen molar-refractivity contribution in [1.82, 2.24) is 9.80 Å². The summed E-state index contributed by atoms with van der Waals surface area (Å²) in [5, 5.41) is -0.431. The molecule has 2 fully saturated rings. The first-order valence-electron chi connectivity index (χ1n) is 8.98. The molecule has 1 aromatic heterocycles. The second-order valence-electron chi connectivity index (χ2n) is 6.49. The van der Waals surface area contributed by atoms with Crippen LogP contribution in [0.1, 0.15) is 5.76 Å². The summed E-state index contributed by atoms with van der Waals surface area (Å²) >= 11 is 0.826. The first-order chi connectivity index (χ1) is 13.6. The number of hydrogen-bond acceptors (Lipinski definition) is 6. The molecule has 3 heterocycles. The van der Waals surface area contributed by atoms with Crippen LogP contribution in [-0.2, 0) is 9.59 Å². The predicted octanol–water partition coefficient (Wildman–Crippen LogP) is 2.66. The SMILES string of the molecule is O=C(CN1C(=O)S/C(=C/c2ccco2)C1=O)N1CCN(c2ccccc2)CC1. The number of carbonyl (C=O) groups is 3. The highest BCUT2D eigenvalue weighted by Crippen LogP contribution is 2.32. The Hall–Kier alpha value is -3.00. The van der Waals surface area contributed by atoms with Crippen molar-refractivity contribution in [2.45, 2.75) is 0 Å². The van der Waals surface area contributed by atoms with Crippen LogP contribution in [0.3, 0.4) is 0 Å². The molecule has 2 aliphatic rings. The molecule has 0 bridgehead atoms. The molecule has 4 rings (SSSR count). The Bertz CT molecular complexity index is 903. The third-order valence-corrected chi connectivity index (χ3v) is 5.64. The Labute approximate surface area is 166 Å². The number of amides is 3. The van der Waals surface area contributed by atoms with E-state index in [0.29, 0.717) is 18.8 Å². The van der Waals surface area contributed by atoms with Crippen LogP contribution in [0.2, 0.25) is 0 Å². The lowest BCUT2D eigenvalue weighted by Gasteiger charge is -2.36. The van der Waals surface area contributed by atoms with Gasteiger partial charge in [0.15, 0.2) is 0 Å². The first-order valence-corrected chi connectivity index (χ1v) is 9.80. The number of benzene rings is 1. The lowest BCUT2D eigenvalue weighted by atomic mass is 10.2. The molecule has 144 valence electrons. The van der Waals surface area contributed by atoms with Gasteiger partial charge in [-0.3, -0.25) is 19.3 Å². The fraction of sp³-hybridized carbons (Fsp3) is 0.250. The first kappa shape index (κ1) is 18.4. The number of rotatable bonds is 4. The number of furan rings is 1. The van der Waals surface area contributed by atoms with Crippen LogP contribution in [0.15, 0.2) is 58.1 Å². The zero-order valence-electron chi connectivity index (χ0n) is 15.1. The van der Waals surface area contributed by atoms with Crippen LogP contribution in [0, 0.1) is 0 Å². The van der Waals surface area contributed by atoms with Crippen molar-refractivity contribution in [3.05, 3.63) is 59.4 Å². The maximum atomic E-state index is 12.6. The zero-order chi connectivity index (χ0) is 19.5. The molecular weight excluding hydrogens is 378 g/mol. The van der Waals surface area contributed by atoms with Crippen LogP contribution in [0.5, 0.6) is 0 Å². The van der Waals surface area contributed by atoms with E-state index < -0.39 is 11.1 Å². The smallest absolute Gasteiger partial charge is 0.294 e. The summed E-state index contributed by atoms with van der Waals surface area (Å²) in [6.07, 6.45) is 3.02. The molecule has 8 heteroatoms. The van der Waals surface area contributed by atoms with Crippen molar-refractivity contribution in [1.29, 1.82) is 0 Å². The minimum atomic E-state index is -0.456. The van der Waals surface area contributed by atoms with Crippen LogP contribution in [0.25, 0.3) is 6.08 Å². The number of anilines is 1. The summed E-state index contributed by atoms with van der Waals surface area (Å²) in [6.45, 7) is 2.33. The second kappa shape index (κ2) is 7.93. The van der Waals surface area contributed by atoms with E-state index in [4.69, 9.17) is 4.42 Å². The Kier molecular flexibility index (Phi) is 5.21. The molecule has 1 aromatic carbocycles. The van der Waals surface area contributed by atoms with Crippen molar-refractivity contribution in [3.8, 4) is 0 Å². The number of para-hydroxylation sites is 1. The van der Waals surface area contributed by atoms with Gasteiger partial charge in [0.05, 0.1) is 11.2 Å². The zero-order valence-corrected chi connectivity index (χ0v) is 15.9. The largest absolute Gasteiger partial charge is 0.465 e. The molecule has 2 aromatic rings. The lowest BCUT2D eigenvalue weighted by Crippen LogP contribution is -2.51. The maximum absolute atomic E-state index is 12.6. The monoisotopic (exact) mass is 397 g/mol. The molecular formula is C20H19N3O4S. The molecule has 2 aliphatic heterocycles. The second-order valence-corrected chi connectivity index (χ2v) is 7.48. The van der Waals surface area contributed by atoms with Gasteiger partial charge in [-0.2, -0.15) is 0 Å². The third-order valence-electron chi connectivity index (χ3n) is 4.74. The molecule has 0 spiro atoms. The van der Waals surface area contributed by atoms with Crippen molar-refractivity contribution < 1.29 is 18.8 Å². The van der Waals surface area contributed by atoms with Crippen LogP contribution in [-0.4, -0.2) is 59.6 Å². The number of thioether (sulfide) groups is 1. The summed E-state index contributed by atoms with van der Waals surface area (Å²) in [4.78, 5) is 42.5. The molecule has 0 atom stereocenters. The average molecular weight is 397 g/mol. The number of imide groups is 1. The molecule has 2 saturated heterocycles. The van der Waals surface area contributed by atoms with Gasteiger partial charge >= 0.3 is 0 Å². The summed E-state index contributed by atoms with van der Waals surface area (Å²) in [5.74, 6) is -0.175. The summed E-state index contributed by atoms with van der Waals surface area (Å²) in [7, 11) is 0. The van der Waals surface area contributed by atoms with Gasteiger partial charge in [0, 0.05) is 37.9 Å². The number of nitrogens with zero attached hydrogens (tertiary/aromatic N) is 3. The molecule has 0 unspecified atom stereocenters. The molecule has 28 heavy (non-hydrogen) atoms. The molecule has 0 saturated carbocycles. The Morgan fingerprint density at radius 2 is 1.79 bits per heavy atom. The van der Waals surface area contributed by atoms with Crippen molar-refractivity contribution in [2.75, 3.05) is 37.6 Å². The Balaban J connectivity index is 1.35. The standard InChI is InChI=1S/C20H19N3O4S/c24-18(22-10-8-21(9-11-22)15-5-2-1-3-6-15)14-23-19(25)17(28-20(23)26)13-16-7-4-12-27-16/h1-7,12-13H,8-11,14H2/b17-13+. The fourth-order valence-electron chi connectivity index (χ4n) is 3.23. The minimum Gasteiger partial charge on any atom is -0.465 e. The predicted molar refractivity (Wildman–Crippen MR) is 107 cm³/mol. The van der Waals surface area contributed by atoms with Gasteiger partial charge in [-0.25, -0.2) is 0 Å². The summed E-state index contributed by atoms with van der Waals surface area (Å²) < 4.78 is 5.19. The van der Waals surface area contributed by atoms with Gasteiger partial charge in [-0.05, 0) is 36.0 Å².